The third-order valence-corrected chi connectivity index (χ3v) is 7.65. The van der Waals surface area contributed by atoms with E-state index in [1.165, 1.54) is 11.1 Å². The highest BCUT2D eigenvalue weighted by Crippen LogP contribution is 2.39. The van der Waals surface area contributed by atoms with Crippen LogP contribution < -0.4 is 20.1 Å². The number of benzene rings is 3. The number of ether oxygens (including phenoxy) is 4. The predicted octanol–water partition coefficient (Wildman–Crippen LogP) is 4.94. The van der Waals surface area contributed by atoms with Crippen molar-refractivity contribution in [2.75, 3.05) is 39.2 Å². The Morgan fingerprint density at radius 2 is 1.66 bits per heavy atom. The predicted molar refractivity (Wildman–Crippen MR) is 156 cm³/mol. The van der Waals surface area contributed by atoms with Crippen molar-refractivity contribution >= 4 is 11.7 Å². The molecule has 0 spiro atoms. The molecular formula is C32H39N3O6. The van der Waals surface area contributed by atoms with Gasteiger partial charge in [0.05, 0.1) is 33.0 Å². The molecule has 0 aliphatic carbocycles. The Balaban J connectivity index is 1.33. The lowest BCUT2D eigenvalue weighted by molar-refractivity contribution is -0.253. The molecule has 1 fully saturated rings. The maximum absolute atomic E-state index is 11.9. The normalized spacial score (nSPS) is 20.6. The molecule has 3 N–H and O–H groups in total. The zero-order valence-corrected chi connectivity index (χ0v) is 23.9. The first-order valence-corrected chi connectivity index (χ1v) is 14.1. The van der Waals surface area contributed by atoms with Gasteiger partial charge in [0.1, 0.15) is 0 Å². The number of rotatable bonds is 9. The van der Waals surface area contributed by atoms with E-state index in [0.717, 1.165) is 54.2 Å². The summed E-state index contributed by atoms with van der Waals surface area (Å²) in [6, 6.07) is 19.4. The van der Waals surface area contributed by atoms with Crippen LogP contribution in [-0.4, -0.2) is 56.0 Å². The summed E-state index contributed by atoms with van der Waals surface area (Å²) in [5.74, 6) is 1.50. The van der Waals surface area contributed by atoms with Crippen molar-refractivity contribution in [1.29, 1.82) is 0 Å². The molecule has 0 unspecified atom stereocenters. The summed E-state index contributed by atoms with van der Waals surface area (Å²) < 4.78 is 24.1. The van der Waals surface area contributed by atoms with Crippen LogP contribution in [0.4, 0.5) is 10.5 Å². The Morgan fingerprint density at radius 1 is 0.976 bits per heavy atom. The van der Waals surface area contributed by atoms with Crippen molar-refractivity contribution in [2.45, 2.75) is 51.4 Å². The Hall–Kier alpha value is -3.63. The lowest BCUT2D eigenvalue weighted by atomic mass is 9.97. The van der Waals surface area contributed by atoms with E-state index in [9.17, 15) is 9.90 Å². The van der Waals surface area contributed by atoms with Gasteiger partial charge in [0.15, 0.2) is 17.8 Å². The molecule has 1 saturated heterocycles. The number of carbonyl (C=O) groups is 1. The number of anilines is 1. The van der Waals surface area contributed by atoms with Crippen LogP contribution in [0.3, 0.4) is 0 Å². The van der Waals surface area contributed by atoms with Crippen LogP contribution in [0.15, 0.2) is 60.7 Å². The summed E-state index contributed by atoms with van der Waals surface area (Å²) in [5, 5.41) is 15.1. The van der Waals surface area contributed by atoms with Gasteiger partial charge in [-0.05, 0) is 59.9 Å². The Labute approximate surface area is 241 Å². The molecular weight excluding hydrogens is 522 g/mol. The highest BCUT2D eigenvalue weighted by Gasteiger charge is 2.34. The van der Waals surface area contributed by atoms with Crippen LogP contribution in [0.25, 0.3) is 0 Å². The molecule has 2 aliphatic heterocycles. The average molecular weight is 562 g/mol. The van der Waals surface area contributed by atoms with Gasteiger partial charge in [0, 0.05) is 43.9 Å². The van der Waals surface area contributed by atoms with E-state index in [0.29, 0.717) is 18.7 Å². The second kappa shape index (κ2) is 13.4. The van der Waals surface area contributed by atoms with Crippen LogP contribution in [0.2, 0.25) is 0 Å². The number of nitrogens with zero attached hydrogens (tertiary/aromatic N) is 1. The molecule has 2 amide bonds. The first kappa shape index (κ1) is 28.9. The summed E-state index contributed by atoms with van der Waals surface area (Å²) in [6.45, 7) is 4.92. The van der Waals surface area contributed by atoms with E-state index in [1.54, 1.807) is 14.2 Å². The van der Waals surface area contributed by atoms with E-state index < -0.39 is 6.29 Å². The Bertz CT molecular complexity index is 1310. The smallest absolute Gasteiger partial charge is 0.319 e. The molecule has 3 aromatic rings. The lowest BCUT2D eigenvalue weighted by Crippen LogP contribution is -2.41. The quantitative estimate of drug-likeness (QED) is 0.340. The third kappa shape index (κ3) is 7.00. The number of fused-ring (bicyclic) bond motifs is 1. The van der Waals surface area contributed by atoms with Crippen molar-refractivity contribution < 1.29 is 28.8 Å². The number of hydrogen-bond donors (Lipinski definition) is 3. The molecule has 3 atom stereocenters. The monoisotopic (exact) mass is 561 g/mol. The highest BCUT2D eigenvalue weighted by molar-refractivity contribution is 5.89. The summed E-state index contributed by atoms with van der Waals surface area (Å²) in [4.78, 5) is 14.3. The number of aliphatic hydroxyl groups is 1. The van der Waals surface area contributed by atoms with Crippen molar-refractivity contribution in [3.63, 3.8) is 0 Å². The molecule has 41 heavy (non-hydrogen) atoms. The number of nitrogens with one attached hydrogen (secondary N) is 2. The molecule has 0 radical (unpaired) electrons. The molecule has 2 heterocycles. The van der Waals surface area contributed by atoms with Crippen LogP contribution in [0, 0.1) is 0 Å². The number of carbonyl (C=O) groups excluding carboxylic acids is 1. The Morgan fingerprint density at radius 3 is 2.32 bits per heavy atom. The second-order valence-electron chi connectivity index (χ2n) is 10.4. The minimum absolute atomic E-state index is 0.00389. The van der Waals surface area contributed by atoms with Gasteiger partial charge in [-0.15, -0.1) is 0 Å². The van der Waals surface area contributed by atoms with Crippen molar-refractivity contribution in [3.05, 3.63) is 88.5 Å². The molecule has 9 nitrogen and oxygen atoms in total. The van der Waals surface area contributed by atoms with E-state index in [1.807, 2.05) is 55.5 Å². The summed E-state index contributed by atoms with van der Waals surface area (Å²) in [5.41, 5.74) is 6.02. The number of amides is 2. The first-order valence-electron chi connectivity index (χ1n) is 14.1. The number of hydrogen-bond acceptors (Lipinski definition) is 7. The van der Waals surface area contributed by atoms with Crippen molar-refractivity contribution in [1.82, 2.24) is 10.2 Å². The number of urea groups is 1. The van der Waals surface area contributed by atoms with Gasteiger partial charge in [0.25, 0.3) is 0 Å². The zero-order valence-electron chi connectivity index (χ0n) is 23.9. The van der Waals surface area contributed by atoms with Crippen molar-refractivity contribution in [2.24, 2.45) is 0 Å². The number of aliphatic hydroxyl groups excluding tert-OH is 1. The van der Waals surface area contributed by atoms with Crippen LogP contribution in [0.5, 0.6) is 11.5 Å². The fraction of sp³-hybridized carbons (Fsp3) is 0.406. The van der Waals surface area contributed by atoms with Crippen LogP contribution >= 0.6 is 0 Å². The molecule has 0 saturated carbocycles. The second-order valence-corrected chi connectivity index (χ2v) is 10.4. The van der Waals surface area contributed by atoms with Crippen molar-refractivity contribution in [3.8, 4) is 11.5 Å². The maximum Gasteiger partial charge on any atom is 0.319 e. The molecule has 0 aromatic heterocycles. The van der Waals surface area contributed by atoms with Gasteiger partial charge < -0.3 is 34.7 Å². The first-order chi connectivity index (χ1) is 20.0. The van der Waals surface area contributed by atoms with Gasteiger partial charge in [-0.3, -0.25) is 4.90 Å². The maximum atomic E-state index is 11.9. The molecule has 2 aliphatic rings. The third-order valence-electron chi connectivity index (χ3n) is 7.65. The topological polar surface area (TPSA) is 102 Å². The lowest BCUT2D eigenvalue weighted by Gasteiger charge is -2.39. The molecule has 3 aromatic carbocycles. The molecule has 0 bridgehead atoms. The van der Waals surface area contributed by atoms with E-state index >= 15 is 0 Å². The van der Waals surface area contributed by atoms with Gasteiger partial charge >= 0.3 is 6.03 Å². The van der Waals surface area contributed by atoms with Gasteiger partial charge in [-0.2, -0.15) is 0 Å². The van der Waals surface area contributed by atoms with E-state index in [-0.39, 0.29) is 24.8 Å². The zero-order chi connectivity index (χ0) is 28.8. The minimum Gasteiger partial charge on any atom is -0.493 e. The minimum atomic E-state index is -0.559. The largest absolute Gasteiger partial charge is 0.493 e. The summed E-state index contributed by atoms with van der Waals surface area (Å²) in [7, 11) is 3.33. The van der Waals surface area contributed by atoms with Crippen LogP contribution in [0.1, 0.15) is 53.6 Å². The summed E-state index contributed by atoms with van der Waals surface area (Å²) >= 11 is 0. The average Bonchev–Trinajstić information content (AvgIpc) is 3.00. The SMILES string of the molecule is CCNC(=O)Nc1ccc([C@H]2O[C@@H](CN3CCc4cc(OC)c(OC)cc4C3)C[C@@H](c3ccc(CO)cc3)O2)cc1. The van der Waals surface area contributed by atoms with E-state index in [2.05, 4.69) is 27.7 Å². The molecule has 9 heteroatoms. The Kier molecular flexibility index (Phi) is 9.41. The molecule has 5 rings (SSSR count). The van der Waals surface area contributed by atoms with Gasteiger partial charge in [-0.1, -0.05) is 36.4 Å². The fourth-order valence-corrected chi connectivity index (χ4v) is 5.48. The van der Waals surface area contributed by atoms with Gasteiger partial charge in [0.2, 0.25) is 0 Å². The van der Waals surface area contributed by atoms with Gasteiger partial charge in [-0.25, -0.2) is 4.79 Å². The highest BCUT2D eigenvalue weighted by atomic mass is 16.7. The molecule has 218 valence electrons. The standard InChI is InChI=1S/C32H39N3O6/c1-4-33-32(37)34-26-11-9-23(10-12-26)31-40-27(17-28(41-31)22-7-5-21(20-36)6-8-22)19-35-14-13-24-15-29(38-2)30(39-3)16-25(24)18-35/h5-12,15-16,27-28,31,36H,4,13-14,17-20H2,1-3H3,(H2,33,34,37)/t27-,28+,31+/m1/s1. The van der Waals surface area contributed by atoms with Crippen LogP contribution in [-0.2, 0) is 29.0 Å². The fourth-order valence-electron chi connectivity index (χ4n) is 5.48. The summed E-state index contributed by atoms with van der Waals surface area (Å²) in [6.07, 6.45) is 0.846. The number of methoxy groups -OCH3 is 2. The van der Waals surface area contributed by atoms with E-state index in [4.69, 9.17) is 18.9 Å².